The van der Waals surface area contributed by atoms with Gasteiger partial charge in [0.25, 0.3) is 0 Å². The fourth-order valence-corrected chi connectivity index (χ4v) is 0.939. The van der Waals surface area contributed by atoms with Crippen LogP contribution in [0.5, 0.6) is 0 Å². The summed E-state index contributed by atoms with van der Waals surface area (Å²) in [7, 11) is 0. The van der Waals surface area contributed by atoms with E-state index in [0.29, 0.717) is 0 Å². The van der Waals surface area contributed by atoms with Crippen LogP contribution in [0.25, 0.3) is 0 Å². The molecule has 0 saturated carbocycles. The summed E-state index contributed by atoms with van der Waals surface area (Å²) >= 11 is 0. The Balaban J connectivity index is 2.72. The van der Waals surface area contributed by atoms with Crippen LogP contribution in [0.2, 0.25) is 0 Å². The van der Waals surface area contributed by atoms with Gasteiger partial charge in [-0.05, 0) is 36.3 Å². The van der Waals surface area contributed by atoms with Crippen molar-refractivity contribution in [1.82, 2.24) is 0 Å². The summed E-state index contributed by atoms with van der Waals surface area (Å²) < 4.78 is 39.2. The lowest BCUT2D eigenvalue weighted by Crippen LogP contribution is -2.11. The SMILES string of the molecule is CCC1=C=CC=C(OC(F)(F)F)C=C1. The fourth-order valence-electron chi connectivity index (χ4n) is 0.939. The lowest BCUT2D eigenvalue weighted by atomic mass is 10.2. The molecule has 1 aliphatic rings. The van der Waals surface area contributed by atoms with Gasteiger partial charge in [-0.25, -0.2) is 0 Å². The second-order valence-electron chi connectivity index (χ2n) is 2.64. The Morgan fingerprint density at radius 1 is 1.36 bits per heavy atom. The number of rotatable bonds is 2. The highest BCUT2D eigenvalue weighted by molar-refractivity contribution is 5.31. The molecule has 1 nitrogen and oxygen atoms in total. The van der Waals surface area contributed by atoms with Crippen LogP contribution in [-0.4, -0.2) is 6.36 Å². The van der Waals surface area contributed by atoms with Crippen molar-refractivity contribution in [3.05, 3.63) is 41.4 Å². The summed E-state index contributed by atoms with van der Waals surface area (Å²) in [5.74, 6) is -0.228. The minimum absolute atomic E-state index is 0.228. The number of halogens is 3. The minimum atomic E-state index is -4.64. The van der Waals surface area contributed by atoms with Gasteiger partial charge in [-0.2, -0.15) is 0 Å². The second-order valence-corrected chi connectivity index (χ2v) is 2.64. The van der Waals surface area contributed by atoms with Crippen LogP contribution in [0.1, 0.15) is 13.3 Å². The molecule has 0 bridgehead atoms. The number of allylic oxidation sites excluding steroid dienone is 4. The lowest BCUT2D eigenvalue weighted by Gasteiger charge is -2.08. The maximum atomic E-state index is 11.8. The molecule has 0 unspecified atom stereocenters. The van der Waals surface area contributed by atoms with Gasteiger partial charge in [0.05, 0.1) is 0 Å². The van der Waals surface area contributed by atoms with E-state index in [2.05, 4.69) is 10.5 Å². The molecule has 0 aromatic rings. The Morgan fingerprint density at radius 2 is 2.07 bits per heavy atom. The smallest absolute Gasteiger partial charge is 0.406 e. The van der Waals surface area contributed by atoms with Gasteiger partial charge in [0.15, 0.2) is 0 Å². The third-order valence-electron chi connectivity index (χ3n) is 1.58. The van der Waals surface area contributed by atoms with E-state index in [1.54, 1.807) is 6.08 Å². The van der Waals surface area contributed by atoms with E-state index in [1.165, 1.54) is 18.2 Å². The van der Waals surface area contributed by atoms with Crippen LogP contribution >= 0.6 is 0 Å². The molecular formula is C10H9F3O. The van der Waals surface area contributed by atoms with Crippen molar-refractivity contribution in [2.45, 2.75) is 19.7 Å². The molecule has 0 aliphatic heterocycles. The molecule has 0 heterocycles. The third-order valence-corrected chi connectivity index (χ3v) is 1.58. The Labute approximate surface area is 79.9 Å². The Kier molecular flexibility index (Phi) is 3.20. The Morgan fingerprint density at radius 3 is 2.64 bits per heavy atom. The topological polar surface area (TPSA) is 9.23 Å². The molecule has 1 rings (SSSR count). The molecule has 0 atom stereocenters. The maximum Gasteiger partial charge on any atom is 0.573 e. The zero-order chi connectivity index (χ0) is 10.6. The van der Waals surface area contributed by atoms with Crippen molar-refractivity contribution in [2.24, 2.45) is 0 Å². The largest absolute Gasteiger partial charge is 0.573 e. The molecule has 4 heteroatoms. The molecule has 76 valence electrons. The van der Waals surface area contributed by atoms with E-state index in [4.69, 9.17) is 0 Å². The highest BCUT2D eigenvalue weighted by Crippen LogP contribution is 2.22. The van der Waals surface area contributed by atoms with Crippen molar-refractivity contribution in [3.63, 3.8) is 0 Å². The first-order chi connectivity index (χ1) is 6.51. The summed E-state index contributed by atoms with van der Waals surface area (Å²) in [6.07, 6.45) is 1.57. The summed E-state index contributed by atoms with van der Waals surface area (Å²) in [5, 5.41) is 0. The molecule has 0 fully saturated rings. The molecular weight excluding hydrogens is 193 g/mol. The van der Waals surface area contributed by atoms with Crippen LogP contribution < -0.4 is 0 Å². The van der Waals surface area contributed by atoms with Crippen LogP contribution in [-0.2, 0) is 4.74 Å². The summed E-state index contributed by atoms with van der Waals surface area (Å²) in [5.41, 5.74) is 3.66. The number of ether oxygens (including phenoxy) is 1. The van der Waals surface area contributed by atoms with Crippen molar-refractivity contribution >= 4 is 0 Å². The van der Waals surface area contributed by atoms with Crippen LogP contribution in [0.4, 0.5) is 13.2 Å². The first-order valence-electron chi connectivity index (χ1n) is 4.11. The summed E-state index contributed by atoms with van der Waals surface area (Å²) in [4.78, 5) is 0. The summed E-state index contributed by atoms with van der Waals surface area (Å²) in [6.45, 7) is 1.90. The summed E-state index contributed by atoms with van der Waals surface area (Å²) in [6, 6.07) is 0. The molecule has 0 N–H and O–H groups in total. The van der Waals surface area contributed by atoms with Crippen molar-refractivity contribution < 1.29 is 17.9 Å². The molecule has 0 spiro atoms. The van der Waals surface area contributed by atoms with Gasteiger partial charge in [0, 0.05) is 0 Å². The van der Waals surface area contributed by atoms with E-state index < -0.39 is 6.36 Å². The van der Waals surface area contributed by atoms with Gasteiger partial charge < -0.3 is 4.74 Å². The number of alkyl halides is 3. The maximum absolute atomic E-state index is 11.8. The van der Waals surface area contributed by atoms with E-state index >= 15 is 0 Å². The van der Waals surface area contributed by atoms with E-state index in [9.17, 15) is 13.2 Å². The van der Waals surface area contributed by atoms with Gasteiger partial charge in [-0.3, -0.25) is 0 Å². The molecule has 0 saturated heterocycles. The van der Waals surface area contributed by atoms with Crippen LogP contribution in [0.3, 0.4) is 0 Å². The van der Waals surface area contributed by atoms with Crippen molar-refractivity contribution in [2.75, 3.05) is 0 Å². The normalized spacial score (nSPS) is 16.0. The molecule has 0 amide bonds. The van der Waals surface area contributed by atoms with Gasteiger partial charge in [-0.15, -0.1) is 18.9 Å². The minimum Gasteiger partial charge on any atom is -0.406 e. The predicted octanol–water partition coefficient (Wildman–Crippen LogP) is 3.47. The predicted molar refractivity (Wildman–Crippen MR) is 46.3 cm³/mol. The van der Waals surface area contributed by atoms with E-state index in [0.717, 1.165) is 12.0 Å². The van der Waals surface area contributed by atoms with Gasteiger partial charge in [-0.1, -0.05) is 6.92 Å². The number of hydrogen-bond acceptors (Lipinski definition) is 1. The Hall–Kier alpha value is -1.41. The highest BCUT2D eigenvalue weighted by atomic mass is 19.4. The monoisotopic (exact) mass is 202 g/mol. The first-order valence-corrected chi connectivity index (χ1v) is 4.11. The highest BCUT2D eigenvalue weighted by Gasteiger charge is 2.31. The van der Waals surface area contributed by atoms with Crippen molar-refractivity contribution in [3.8, 4) is 0 Å². The lowest BCUT2D eigenvalue weighted by molar-refractivity contribution is -0.303. The average Bonchev–Trinajstić information content (AvgIpc) is 2.27. The van der Waals surface area contributed by atoms with Crippen LogP contribution in [0.15, 0.2) is 41.4 Å². The molecule has 14 heavy (non-hydrogen) atoms. The van der Waals surface area contributed by atoms with Gasteiger partial charge >= 0.3 is 6.36 Å². The second kappa shape index (κ2) is 4.20. The van der Waals surface area contributed by atoms with Gasteiger partial charge in [0.1, 0.15) is 5.76 Å². The first kappa shape index (κ1) is 10.7. The quantitative estimate of drug-likeness (QED) is 0.623. The fraction of sp³-hybridized carbons (Fsp3) is 0.300. The molecule has 1 aliphatic carbocycles. The zero-order valence-corrected chi connectivity index (χ0v) is 7.56. The zero-order valence-electron chi connectivity index (χ0n) is 7.56. The standard InChI is InChI=1S/C10H9F3O/c1-2-8-4-3-5-9(7-6-8)14-10(11,12)13/h3,5-7H,2H2,1H3. The van der Waals surface area contributed by atoms with Gasteiger partial charge in [0.2, 0.25) is 0 Å². The molecule has 0 aromatic carbocycles. The van der Waals surface area contributed by atoms with E-state index in [1.807, 2.05) is 6.92 Å². The average molecular weight is 202 g/mol. The number of hydrogen-bond donors (Lipinski definition) is 0. The Bertz CT molecular complexity index is 328. The van der Waals surface area contributed by atoms with Crippen molar-refractivity contribution in [1.29, 1.82) is 0 Å². The molecule has 0 aromatic heterocycles. The molecule has 0 radical (unpaired) electrons. The van der Waals surface area contributed by atoms with E-state index in [-0.39, 0.29) is 5.76 Å². The van der Waals surface area contributed by atoms with Crippen LogP contribution in [0, 0.1) is 0 Å². The third kappa shape index (κ3) is 3.54.